The van der Waals surface area contributed by atoms with Crippen LogP contribution in [0.3, 0.4) is 0 Å². The zero-order valence-corrected chi connectivity index (χ0v) is 13.4. The monoisotopic (exact) mass is 295 g/mol. The maximum Gasteiger partial charge on any atom is 0.150 e. The summed E-state index contributed by atoms with van der Waals surface area (Å²) in [4.78, 5) is 0. The summed E-state index contributed by atoms with van der Waals surface area (Å²) in [6.45, 7) is 7.28. The highest BCUT2D eigenvalue weighted by Crippen LogP contribution is 2.32. The highest BCUT2D eigenvalue weighted by molar-refractivity contribution is 7.91. The average molecular weight is 295 g/mol. The van der Waals surface area contributed by atoms with Crippen molar-refractivity contribution in [1.82, 2.24) is 5.32 Å². The molecule has 20 heavy (non-hydrogen) atoms. The minimum atomic E-state index is -2.83. The number of hydrogen-bond acceptors (Lipinski definition) is 3. The first-order valence-electron chi connectivity index (χ1n) is 7.46. The van der Waals surface area contributed by atoms with Gasteiger partial charge in [-0.1, -0.05) is 45.0 Å². The first kappa shape index (κ1) is 15.5. The molecule has 3 nitrogen and oxygen atoms in total. The lowest BCUT2D eigenvalue weighted by atomic mass is 9.91. The molecule has 0 spiro atoms. The summed E-state index contributed by atoms with van der Waals surface area (Å²) >= 11 is 0. The second-order valence-electron chi connectivity index (χ2n) is 6.02. The molecule has 1 fully saturated rings. The molecule has 112 valence electrons. The predicted molar refractivity (Wildman–Crippen MR) is 83.7 cm³/mol. The number of rotatable bonds is 5. The van der Waals surface area contributed by atoms with Gasteiger partial charge in [-0.25, -0.2) is 8.42 Å². The van der Waals surface area contributed by atoms with Crippen molar-refractivity contribution in [3.8, 4) is 0 Å². The van der Waals surface area contributed by atoms with Crippen molar-refractivity contribution in [2.75, 3.05) is 18.1 Å². The molecule has 1 aliphatic heterocycles. The van der Waals surface area contributed by atoms with E-state index in [0.717, 1.165) is 13.0 Å². The minimum absolute atomic E-state index is 0.151. The molecular formula is C16H25NO2S. The van der Waals surface area contributed by atoms with Gasteiger partial charge < -0.3 is 5.32 Å². The summed E-state index contributed by atoms with van der Waals surface area (Å²) in [5.41, 5.74) is 2.53. The van der Waals surface area contributed by atoms with Gasteiger partial charge in [-0.15, -0.1) is 0 Å². The van der Waals surface area contributed by atoms with Gasteiger partial charge in [-0.3, -0.25) is 0 Å². The largest absolute Gasteiger partial charge is 0.310 e. The van der Waals surface area contributed by atoms with E-state index >= 15 is 0 Å². The molecule has 0 saturated carbocycles. The molecule has 0 amide bonds. The second-order valence-corrected chi connectivity index (χ2v) is 8.25. The molecule has 2 atom stereocenters. The van der Waals surface area contributed by atoms with E-state index < -0.39 is 9.84 Å². The van der Waals surface area contributed by atoms with E-state index in [1.54, 1.807) is 0 Å². The summed E-state index contributed by atoms with van der Waals surface area (Å²) in [6, 6.07) is 8.77. The Kier molecular flexibility index (Phi) is 4.86. The van der Waals surface area contributed by atoms with Crippen LogP contribution in [0.4, 0.5) is 0 Å². The Hall–Kier alpha value is -0.870. The van der Waals surface area contributed by atoms with E-state index in [2.05, 4.69) is 50.4 Å². The number of benzene rings is 1. The molecule has 0 radical (unpaired) electrons. The van der Waals surface area contributed by atoms with Crippen LogP contribution in [0.25, 0.3) is 0 Å². The lowest BCUT2D eigenvalue weighted by Crippen LogP contribution is -2.29. The first-order chi connectivity index (χ1) is 9.43. The van der Waals surface area contributed by atoms with Gasteiger partial charge in [0.1, 0.15) is 0 Å². The van der Waals surface area contributed by atoms with E-state index in [0.29, 0.717) is 17.4 Å². The molecule has 4 heteroatoms. The fourth-order valence-corrected chi connectivity index (χ4v) is 4.79. The van der Waals surface area contributed by atoms with Gasteiger partial charge in [0.05, 0.1) is 11.5 Å². The van der Waals surface area contributed by atoms with Crippen LogP contribution in [-0.2, 0) is 9.84 Å². The highest BCUT2D eigenvalue weighted by Gasteiger charge is 2.34. The summed E-state index contributed by atoms with van der Waals surface area (Å²) in [6.07, 6.45) is 0.770. The van der Waals surface area contributed by atoms with Crippen molar-refractivity contribution in [2.24, 2.45) is 5.92 Å². The molecule has 0 bridgehead atoms. The molecular weight excluding hydrogens is 270 g/mol. The Bertz CT molecular complexity index is 534. The smallest absolute Gasteiger partial charge is 0.150 e. The fraction of sp³-hybridized carbons (Fsp3) is 0.625. The number of hydrogen-bond donors (Lipinski definition) is 1. The molecule has 1 aromatic rings. The molecule has 2 unspecified atom stereocenters. The summed E-state index contributed by atoms with van der Waals surface area (Å²) in [7, 11) is -2.83. The van der Waals surface area contributed by atoms with Gasteiger partial charge in [0.2, 0.25) is 0 Å². The quantitative estimate of drug-likeness (QED) is 0.908. The Morgan fingerprint density at radius 1 is 1.20 bits per heavy atom. The van der Waals surface area contributed by atoms with Gasteiger partial charge in [0.25, 0.3) is 0 Å². The summed E-state index contributed by atoms with van der Waals surface area (Å²) < 4.78 is 23.4. The van der Waals surface area contributed by atoms with Crippen LogP contribution in [0, 0.1) is 5.92 Å². The Labute approximate surface area is 122 Å². The van der Waals surface area contributed by atoms with Gasteiger partial charge in [-0.2, -0.15) is 0 Å². The maximum atomic E-state index is 11.7. The van der Waals surface area contributed by atoms with Crippen LogP contribution in [0.15, 0.2) is 24.3 Å². The lowest BCUT2D eigenvalue weighted by Gasteiger charge is -2.24. The van der Waals surface area contributed by atoms with E-state index in [1.807, 2.05) is 0 Å². The zero-order valence-electron chi connectivity index (χ0n) is 12.6. The van der Waals surface area contributed by atoms with Crippen molar-refractivity contribution in [3.63, 3.8) is 0 Å². The van der Waals surface area contributed by atoms with Crippen LogP contribution < -0.4 is 5.32 Å². The molecule has 2 rings (SSSR count). The van der Waals surface area contributed by atoms with Crippen LogP contribution in [0.5, 0.6) is 0 Å². The highest BCUT2D eigenvalue weighted by atomic mass is 32.2. The molecule has 0 aromatic heterocycles. The van der Waals surface area contributed by atoms with Crippen molar-refractivity contribution >= 4 is 9.84 Å². The first-order valence-corrected chi connectivity index (χ1v) is 9.28. The number of nitrogens with one attached hydrogen (secondary N) is 1. The molecule has 1 aromatic carbocycles. The third kappa shape index (κ3) is 3.61. The molecule has 0 aliphatic carbocycles. The Morgan fingerprint density at radius 3 is 2.25 bits per heavy atom. The van der Waals surface area contributed by atoms with Crippen molar-refractivity contribution in [2.45, 2.75) is 39.2 Å². The SMILES string of the molecule is CCNC(c1ccc(C(C)C)cc1)C1CCS(=O)(=O)C1. The molecule has 1 N–H and O–H groups in total. The van der Waals surface area contributed by atoms with Gasteiger partial charge in [-0.05, 0) is 35.9 Å². The molecule has 1 aliphatic rings. The third-order valence-corrected chi connectivity index (χ3v) is 5.92. The van der Waals surface area contributed by atoms with Crippen LogP contribution >= 0.6 is 0 Å². The van der Waals surface area contributed by atoms with Crippen molar-refractivity contribution in [1.29, 1.82) is 0 Å². The Morgan fingerprint density at radius 2 is 1.80 bits per heavy atom. The Balaban J connectivity index is 2.20. The van der Waals surface area contributed by atoms with Crippen LogP contribution in [0.2, 0.25) is 0 Å². The molecule has 1 saturated heterocycles. The second kappa shape index (κ2) is 6.27. The average Bonchev–Trinajstić information content (AvgIpc) is 2.76. The minimum Gasteiger partial charge on any atom is -0.310 e. The summed E-state index contributed by atoms with van der Waals surface area (Å²) in [5.74, 6) is 1.37. The number of sulfone groups is 1. The topological polar surface area (TPSA) is 46.2 Å². The van der Waals surface area contributed by atoms with Crippen molar-refractivity contribution in [3.05, 3.63) is 35.4 Å². The van der Waals surface area contributed by atoms with E-state index in [4.69, 9.17) is 0 Å². The zero-order chi connectivity index (χ0) is 14.8. The van der Waals surface area contributed by atoms with Crippen LogP contribution in [0.1, 0.15) is 50.3 Å². The fourth-order valence-electron chi connectivity index (χ4n) is 2.95. The summed E-state index contributed by atoms with van der Waals surface area (Å²) in [5, 5.41) is 3.46. The van der Waals surface area contributed by atoms with Gasteiger partial charge in [0.15, 0.2) is 9.84 Å². The van der Waals surface area contributed by atoms with E-state index in [1.165, 1.54) is 11.1 Å². The standard InChI is InChI=1S/C16H25NO2S/c1-4-17-16(15-9-10-20(18,19)11-15)14-7-5-13(6-8-14)12(2)3/h5-8,12,15-17H,4,9-11H2,1-3H3. The normalized spacial score (nSPS) is 23.1. The lowest BCUT2D eigenvalue weighted by molar-refractivity contribution is 0.400. The van der Waals surface area contributed by atoms with E-state index in [9.17, 15) is 8.42 Å². The third-order valence-electron chi connectivity index (χ3n) is 4.13. The maximum absolute atomic E-state index is 11.7. The van der Waals surface area contributed by atoms with Crippen LogP contribution in [-0.4, -0.2) is 26.5 Å². The van der Waals surface area contributed by atoms with E-state index in [-0.39, 0.29) is 12.0 Å². The predicted octanol–water partition coefficient (Wildman–Crippen LogP) is 2.90. The van der Waals surface area contributed by atoms with Gasteiger partial charge >= 0.3 is 0 Å². The molecule has 1 heterocycles. The van der Waals surface area contributed by atoms with Crippen molar-refractivity contribution < 1.29 is 8.42 Å². The van der Waals surface area contributed by atoms with Gasteiger partial charge in [0, 0.05) is 6.04 Å².